The molecule has 0 aromatic rings. The average molecular weight is 246 g/mol. The number of piperidine rings is 1. The number of nitrogens with zero attached hydrogens (tertiary/aromatic N) is 1. The van der Waals surface area contributed by atoms with Crippen LogP contribution in [0.4, 0.5) is 13.2 Å². The molecule has 90 valence electrons. The molecule has 1 rings (SSSR count). The molecule has 15 heavy (non-hydrogen) atoms. The van der Waals surface area contributed by atoms with Crippen molar-refractivity contribution < 1.29 is 21.6 Å². The minimum atomic E-state index is -5.22. The summed E-state index contributed by atoms with van der Waals surface area (Å²) >= 11 is 0. The van der Waals surface area contributed by atoms with Crippen LogP contribution in [0.1, 0.15) is 19.3 Å². The van der Waals surface area contributed by atoms with E-state index in [0.717, 1.165) is 0 Å². The van der Waals surface area contributed by atoms with Gasteiger partial charge in [0.15, 0.2) is 0 Å². The zero-order valence-corrected chi connectivity index (χ0v) is 8.81. The van der Waals surface area contributed by atoms with Crippen LogP contribution in [0.25, 0.3) is 0 Å². The number of rotatable bonds is 2. The lowest BCUT2D eigenvalue weighted by Gasteiger charge is -2.34. The van der Waals surface area contributed by atoms with Gasteiger partial charge < -0.3 is 5.73 Å². The summed E-state index contributed by atoms with van der Waals surface area (Å²) in [6.07, 6.45) is 1.56. The Morgan fingerprint density at radius 1 is 1.33 bits per heavy atom. The molecule has 1 atom stereocenters. The van der Waals surface area contributed by atoms with Crippen LogP contribution in [0.15, 0.2) is 0 Å². The van der Waals surface area contributed by atoms with Crippen LogP contribution in [0.3, 0.4) is 0 Å². The highest BCUT2D eigenvalue weighted by molar-refractivity contribution is 7.90. The lowest BCUT2D eigenvalue weighted by Crippen LogP contribution is -2.51. The molecule has 1 fully saturated rings. The monoisotopic (exact) mass is 246 g/mol. The van der Waals surface area contributed by atoms with Crippen molar-refractivity contribution in [2.24, 2.45) is 5.73 Å². The molecule has 2 N–H and O–H groups in total. The summed E-state index contributed by atoms with van der Waals surface area (Å²) in [5.74, 6) is 0. The fraction of sp³-hybridized carbons (Fsp3) is 1.00. The van der Waals surface area contributed by atoms with E-state index in [1.165, 1.54) is 0 Å². The first kappa shape index (κ1) is 12.7. The van der Waals surface area contributed by atoms with E-state index in [9.17, 15) is 21.6 Å². The van der Waals surface area contributed by atoms with Gasteiger partial charge in [0.1, 0.15) is 0 Å². The van der Waals surface area contributed by atoms with Crippen LogP contribution < -0.4 is 5.73 Å². The molecule has 4 nitrogen and oxygen atoms in total. The van der Waals surface area contributed by atoms with Gasteiger partial charge in [-0.2, -0.15) is 17.5 Å². The van der Waals surface area contributed by atoms with E-state index >= 15 is 0 Å². The Morgan fingerprint density at radius 2 is 1.93 bits per heavy atom. The molecular formula is C7H13F3N2O2S. The second-order valence-corrected chi connectivity index (χ2v) is 5.33. The predicted octanol–water partition coefficient (Wildman–Crippen LogP) is 0.649. The van der Waals surface area contributed by atoms with Crippen LogP contribution in [0.2, 0.25) is 0 Å². The van der Waals surface area contributed by atoms with E-state index in [4.69, 9.17) is 5.73 Å². The third-order valence-corrected chi connectivity index (χ3v) is 4.13. The van der Waals surface area contributed by atoms with Crippen molar-refractivity contribution in [2.45, 2.75) is 30.8 Å². The molecule has 1 aliphatic rings. The molecule has 1 heterocycles. The Morgan fingerprint density at radius 3 is 2.40 bits per heavy atom. The summed E-state index contributed by atoms with van der Waals surface area (Å²) in [6, 6.07) is -0.717. The number of alkyl halides is 3. The van der Waals surface area contributed by atoms with Gasteiger partial charge >= 0.3 is 15.5 Å². The van der Waals surface area contributed by atoms with E-state index in [0.29, 0.717) is 23.6 Å². The van der Waals surface area contributed by atoms with Gasteiger partial charge in [0.25, 0.3) is 0 Å². The van der Waals surface area contributed by atoms with Gasteiger partial charge in [-0.05, 0) is 12.8 Å². The molecule has 0 bridgehead atoms. The highest BCUT2D eigenvalue weighted by atomic mass is 32.2. The van der Waals surface area contributed by atoms with E-state index in [-0.39, 0.29) is 13.1 Å². The first-order chi connectivity index (χ1) is 6.80. The summed E-state index contributed by atoms with van der Waals surface area (Å²) in [6.45, 7) is -0.168. The zero-order chi connectivity index (χ0) is 11.7. The molecule has 1 aliphatic heterocycles. The lowest BCUT2D eigenvalue weighted by atomic mass is 10.1. The highest BCUT2D eigenvalue weighted by Gasteiger charge is 2.51. The van der Waals surface area contributed by atoms with Crippen molar-refractivity contribution in [2.75, 3.05) is 13.1 Å². The van der Waals surface area contributed by atoms with Gasteiger partial charge in [-0.15, -0.1) is 0 Å². The third kappa shape index (κ3) is 2.43. The minimum absolute atomic E-state index is 0.0741. The Hall–Kier alpha value is -0.340. The maximum absolute atomic E-state index is 12.3. The third-order valence-electron chi connectivity index (χ3n) is 2.45. The molecule has 0 aromatic heterocycles. The van der Waals surface area contributed by atoms with Crippen molar-refractivity contribution in [3.8, 4) is 0 Å². The quantitative estimate of drug-likeness (QED) is 0.778. The van der Waals surface area contributed by atoms with E-state index in [1.807, 2.05) is 0 Å². The van der Waals surface area contributed by atoms with Crippen molar-refractivity contribution in [3.63, 3.8) is 0 Å². The van der Waals surface area contributed by atoms with Gasteiger partial charge in [0, 0.05) is 19.1 Å². The van der Waals surface area contributed by atoms with E-state index in [2.05, 4.69) is 0 Å². The Bertz CT molecular complexity index is 315. The molecule has 0 radical (unpaired) electrons. The van der Waals surface area contributed by atoms with Crippen LogP contribution in [0.5, 0.6) is 0 Å². The standard InChI is InChI=1S/C7H13F3N2O2S/c8-7(9,10)15(13,14)12-4-2-1-3-6(12)5-11/h6H,1-5,11H2/t6-/m0/s1. The molecule has 0 aliphatic carbocycles. The molecule has 1 saturated heterocycles. The lowest BCUT2D eigenvalue weighted by molar-refractivity contribution is -0.0507. The number of nitrogens with two attached hydrogens (primary N) is 1. The second kappa shape index (κ2) is 4.26. The normalized spacial score (nSPS) is 25.5. The molecule has 8 heteroatoms. The largest absolute Gasteiger partial charge is 0.511 e. The number of hydrogen-bond acceptors (Lipinski definition) is 3. The average Bonchev–Trinajstić information content (AvgIpc) is 2.16. The van der Waals surface area contributed by atoms with Gasteiger partial charge in [-0.1, -0.05) is 6.42 Å². The maximum Gasteiger partial charge on any atom is 0.511 e. The summed E-state index contributed by atoms with van der Waals surface area (Å²) in [7, 11) is -5.21. The van der Waals surface area contributed by atoms with Crippen LogP contribution >= 0.6 is 0 Å². The van der Waals surface area contributed by atoms with Gasteiger partial charge in [-0.25, -0.2) is 8.42 Å². The minimum Gasteiger partial charge on any atom is -0.329 e. The van der Waals surface area contributed by atoms with Gasteiger partial charge in [-0.3, -0.25) is 0 Å². The van der Waals surface area contributed by atoms with Crippen molar-refractivity contribution >= 4 is 10.0 Å². The highest BCUT2D eigenvalue weighted by Crippen LogP contribution is 2.31. The fourth-order valence-corrected chi connectivity index (χ4v) is 2.88. The van der Waals surface area contributed by atoms with Gasteiger partial charge in [0.05, 0.1) is 0 Å². The number of hydrogen-bond donors (Lipinski definition) is 1. The van der Waals surface area contributed by atoms with E-state index < -0.39 is 21.6 Å². The first-order valence-electron chi connectivity index (χ1n) is 4.59. The molecule has 0 saturated carbocycles. The van der Waals surface area contributed by atoms with Crippen molar-refractivity contribution in [1.82, 2.24) is 4.31 Å². The Labute approximate surface area is 86.3 Å². The molecule has 0 aromatic carbocycles. The summed E-state index contributed by atoms with van der Waals surface area (Å²) in [5.41, 5.74) is 0.0357. The van der Waals surface area contributed by atoms with E-state index in [1.54, 1.807) is 0 Å². The van der Waals surface area contributed by atoms with Crippen molar-refractivity contribution in [3.05, 3.63) is 0 Å². The SMILES string of the molecule is NC[C@@H]1CCCCN1S(=O)(=O)C(F)(F)F. The summed E-state index contributed by atoms with van der Waals surface area (Å²) in [4.78, 5) is 0. The summed E-state index contributed by atoms with van der Waals surface area (Å²) < 4.78 is 59.5. The smallest absolute Gasteiger partial charge is 0.329 e. The molecule has 0 amide bonds. The van der Waals surface area contributed by atoms with Gasteiger partial charge in [0.2, 0.25) is 0 Å². The zero-order valence-electron chi connectivity index (χ0n) is 8.00. The van der Waals surface area contributed by atoms with Crippen LogP contribution in [-0.4, -0.2) is 37.4 Å². The second-order valence-electron chi connectivity index (χ2n) is 3.45. The predicted molar refractivity (Wildman–Crippen MR) is 48.4 cm³/mol. The first-order valence-corrected chi connectivity index (χ1v) is 6.03. The summed E-state index contributed by atoms with van der Waals surface area (Å²) in [5, 5.41) is 0. The van der Waals surface area contributed by atoms with Crippen LogP contribution in [-0.2, 0) is 10.0 Å². The molecular weight excluding hydrogens is 233 g/mol. The fourth-order valence-electron chi connectivity index (χ4n) is 1.66. The molecule has 0 unspecified atom stereocenters. The number of halogens is 3. The molecule has 0 spiro atoms. The van der Waals surface area contributed by atoms with Crippen LogP contribution in [0, 0.1) is 0 Å². The Kier molecular flexibility index (Phi) is 3.62. The topological polar surface area (TPSA) is 63.4 Å². The maximum atomic E-state index is 12.3. The Balaban J connectivity index is 2.94. The number of sulfonamides is 1. The van der Waals surface area contributed by atoms with Crippen molar-refractivity contribution in [1.29, 1.82) is 0 Å².